The van der Waals surface area contributed by atoms with Crippen LogP contribution in [-0.2, 0) is 16.2 Å². The number of aromatic nitrogens is 1. The van der Waals surface area contributed by atoms with Gasteiger partial charge >= 0.3 is 6.18 Å². The number of piperazine rings is 1. The number of nitrogens with one attached hydrogen (secondary N) is 2. The topological polar surface area (TPSA) is 79.9 Å². The van der Waals surface area contributed by atoms with Gasteiger partial charge in [0.05, 0.1) is 50.2 Å². The molecule has 1 aliphatic rings. The van der Waals surface area contributed by atoms with Crippen molar-refractivity contribution in [3.63, 3.8) is 0 Å². The Morgan fingerprint density at radius 1 is 1.21 bits per heavy atom. The van der Waals surface area contributed by atoms with E-state index >= 15 is 0 Å². The summed E-state index contributed by atoms with van der Waals surface area (Å²) in [7, 11) is -2.14. The Kier molecular flexibility index (Phi) is 5.32. The molecule has 0 bridgehead atoms. The third kappa shape index (κ3) is 4.09. The minimum absolute atomic E-state index is 0.0710. The van der Waals surface area contributed by atoms with Gasteiger partial charge in [0.15, 0.2) is 10.7 Å². The Hall–Kier alpha value is -2.27. The number of hydrogen-bond donors (Lipinski definition) is 2. The predicted molar refractivity (Wildman–Crippen MR) is 97.1 cm³/mol. The van der Waals surface area contributed by atoms with E-state index in [9.17, 15) is 21.6 Å². The summed E-state index contributed by atoms with van der Waals surface area (Å²) in [6, 6.07) is 3.11. The summed E-state index contributed by atoms with van der Waals surface area (Å²) in [6.07, 6.45) is -4.59. The molecule has 154 valence electrons. The summed E-state index contributed by atoms with van der Waals surface area (Å²) in [6.45, 7) is 5.72. The molecule has 28 heavy (non-hydrogen) atoms. The summed E-state index contributed by atoms with van der Waals surface area (Å²) in [5.74, 6) is 0.0710. The zero-order valence-corrected chi connectivity index (χ0v) is 16.5. The molecule has 0 amide bonds. The lowest BCUT2D eigenvalue weighted by Gasteiger charge is -2.33. The monoisotopic (exact) mass is 419 g/mol. The van der Waals surface area contributed by atoms with Crippen LogP contribution in [0.25, 0.3) is 0 Å². The molecule has 0 aliphatic carbocycles. The van der Waals surface area contributed by atoms with E-state index in [2.05, 4.69) is 9.88 Å². The van der Waals surface area contributed by atoms with Gasteiger partial charge in [-0.25, -0.2) is 8.42 Å². The number of halogens is 3. The molecule has 1 aromatic heterocycles. The van der Waals surface area contributed by atoms with E-state index in [1.54, 1.807) is 0 Å². The second-order valence-electron chi connectivity index (χ2n) is 6.93. The summed E-state index contributed by atoms with van der Waals surface area (Å²) >= 11 is 0. The molecular weight excluding hydrogens is 397 g/mol. The maximum atomic E-state index is 13.2. The van der Waals surface area contributed by atoms with Gasteiger partial charge in [0.25, 0.3) is 10.0 Å². The third-order valence-corrected chi connectivity index (χ3v) is 6.37. The molecule has 0 radical (unpaired) electrons. The highest BCUT2D eigenvalue weighted by atomic mass is 32.2. The molecule has 2 heterocycles. The van der Waals surface area contributed by atoms with Crippen molar-refractivity contribution in [3.8, 4) is 0 Å². The molecule has 11 heteroatoms. The zero-order valence-electron chi connectivity index (χ0n) is 15.7. The van der Waals surface area contributed by atoms with Gasteiger partial charge in [-0.3, -0.25) is 4.72 Å². The van der Waals surface area contributed by atoms with Gasteiger partial charge in [0.1, 0.15) is 5.69 Å². The first kappa shape index (κ1) is 20.5. The SMILES string of the molecule is Cc1noc(C)c1S(=O)(=O)Nc1cc(C(F)(F)F)ccc1N1CC[NH+](C)CC1. The number of hydrogen-bond acceptors (Lipinski definition) is 5. The fraction of sp³-hybridized carbons (Fsp3) is 0.471. The minimum Gasteiger partial charge on any atom is -0.360 e. The first-order valence-electron chi connectivity index (χ1n) is 8.72. The fourth-order valence-electron chi connectivity index (χ4n) is 3.25. The lowest BCUT2D eigenvalue weighted by atomic mass is 10.1. The molecule has 0 atom stereocenters. The Labute approximate surface area is 161 Å². The van der Waals surface area contributed by atoms with Crippen LogP contribution in [0.2, 0.25) is 0 Å². The quantitative estimate of drug-likeness (QED) is 0.784. The number of sulfonamides is 1. The van der Waals surface area contributed by atoms with Crippen LogP contribution in [0.3, 0.4) is 0 Å². The predicted octanol–water partition coefficient (Wildman–Crippen LogP) is 1.45. The summed E-state index contributed by atoms with van der Waals surface area (Å²) in [4.78, 5) is 3.03. The average Bonchev–Trinajstić information content (AvgIpc) is 2.94. The number of quaternary nitrogens is 1. The normalized spacial score (nSPS) is 16.4. The number of benzene rings is 1. The molecule has 2 aromatic rings. The molecule has 1 aromatic carbocycles. The van der Waals surface area contributed by atoms with Gasteiger partial charge in [-0.05, 0) is 32.0 Å². The molecule has 1 saturated heterocycles. The largest absolute Gasteiger partial charge is 0.416 e. The van der Waals surface area contributed by atoms with Crippen LogP contribution >= 0.6 is 0 Å². The van der Waals surface area contributed by atoms with Crippen LogP contribution in [0.1, 0.15) is 17.0 Å². The van der Waals surface area contributed by atoms with Gasteiger partial charge in [0, 0.05) is 0 Å². The number of alkyl halides is 3. The van der Waals surface area contributed by atoms with Crippen molar-refractivity contribution in [3.05, 3.63) is 35.2 Å². The fourth-order valence-corrected chi connectivity index (χ4v) is 4.65. The molecule has 0 saturated carbocycles. The van der Waals surface area contributed by atoms with Gasteiger partial charge in [-0.2, -0.15) is 13.2 Å². The average molecular weight is 419 g/mol. The van der Waals surface area contributed by atoms with Crippen molar-refractivity contribution >= 4 is 21.4 Å². The smallest absolute Gasteiger partial charge is 0.360 e. The van der Waals surface area contributed by atoms with Gasteiger partial charge in [-0.1, -0.05) is 5.16 Å². The van der Waals surface area contributed by atoms with Crippen LogP contribution in [0.4, 0.5) is 24.5 Å². The second-order valence-corrected chi connectivity index (χ2v) is 8.55. The Bertz CT molecular complexity index is 945. The van der Waals surface area contributed by atoms with Gasteiger partial charge in [-0.15, -0.1) is 0 Å². The highest BCUT2D eigenvalue weighted by molar-refractivity contribution is 7.92. The Balaban J connectivity index is 2.04. The van der Waals surface area contributed by atoms with Crippen LogP contribution < -0.4 is 14.5 Å². The van der Waals surface area contributed by atoms with Crippen molar-refractivity contribution in [1.29, 1.82) is 0 Å². The molecule has 1 fully saturated rings. The van der Waals surface area contributed by atoms with Crippen molar-refractivity contribution in [1.82, 2.24) is 5.16 Å². The standard InChI is InChI=1S/C17H21F3N4O3S/c1-11-16(12(2)27-21-11)28(25,26)22-14-10-13(17(18,19)20)4-5-15(14)24-8-6-23(3)7-9-24/h4-5,10,22H,6-9H2,1-3H3/p+1. The summed E-state index contributed by atoms with van der Waals surface area (Å²) < 4.78 is 72.5. The van der Waals surface area contributed by atoms with E-state index in [4.69, 9.17) is 4.52 Å². The van der Waals surface area contributed by atoms with E-state index in [0.29, 0.717) is 18.8 Å². The van der Waals surface area contributed by atoms with E-state index < -0.39 is 21.8 Å². The van der Waals surface area contributed by atoms with Crippen LogP contribution in [-0.4, -0.2) is 46.8 Å². The van der Waals surface area contributed by atoms with E-state index in [1.807, 2.05) is 11.9 Å². The molecule has 0 unspecified atom stereocenters. The van der Waals surface area contributed by atoms with Crippen LogP contribution in [0.5, 0.6) is 0 Å². The van der Waals surface area contributed by atoms with Crippen molar-refractivity contribution in [2.45, 2.75) is 24.9 Å². The Morgan fingerprint density at radius 2 is 1.86 bits per heavy atom. The van der Waals surface area contributed by atoms with Crippen LogP contribution in [0.15, 0.2) is 27.6 Å². The molecule has 2 N–H and O–H groups in total. The van der Waals surface area contributed by atoms with Crippen molar-refractivity contribution < 1.29 is 31.0 Å². The first-order chi connectivity index (χ1) is 13.0. The second kappa shape index (κ2) is 7.28. The minimum atomic E-state index is -4.59. The van der Waals surface area contributed by atoms with Crippen molar-refractivity contribution in [2.24, 2.45) is 0 Å². The first-order valence-corrected chi connectivity index (χ1v) is 10.2. The zero-order chi connectivity index (χ0) is 20.7. The Morgan fingerprint density at radius 3 is 2.39 bits per heavy atom. The van der Waals surface area contributed by atoms with Gasteiger partial charge < -0.3 is 14.3 Å². The highest BCUT2D eigenvalue weighted by Crippen LogP contribution is 2.36. The number of rotatable bonds is 4. The van der Waals surface area contributed by atoms with E-state index in [-0.39, 0.29) is 22.0 Å². The number of anilines is 2. The lowest BCUT2D eigenvalue weighted by Crippen LogP contribution is -3.12. The number of likely N-dealkylation sites (N-methyl/N-ethyl adjacent to an activating group) is 1. The van der Waals surface area contributed by atoms with Crippen LogP contribution in [0, 0.1) is 13.8 Å². The molecule has 7 nitrogen and oxygen atoms in total. The third-order valence-electron chi connectivity index (χ3n) is 4.76. The highest BCUT2D eigenvalue weighted by Gasteiger charge is 2.33. The van der Waals surface area contributed by atoms with Crippen molar-refractivity contribution in [2.75, 3.05) is 42.8 Å². The maximum absolute atomic E-state index is 13.2. The number of aryl methyl sites for hydroxylation is 2. The summed E-state index contributed by atoms with van der Waals surface area (Å²) in [5, 5.41) is 3.61. The lowest BCUT2D eigenvalue weighted by molar-refractivity contribution is -0.880. The molecule has 1 aliphatic heterocycles. The molecular formula is C17H22F3N4O3S+. The number of nitrogens with zero attached hydrogens (tertiary/aromatic N) is 2. The molecule has 0 spiro atoms. The van der Waals surface area contributed by atoms with E-state index in [0.717, 1.165) is 25.2 Å². The summed E-state index contributed by atoms with van der Waals surface area (Å²) in [5.41, 5.74) is -0.487. The van der Waals surface area contributed by atoms with Gasteiger partial charge in [0.2, 0.25) is 0 Å². The maximum Gasteiger partial charge on any atom is 0.416 e. The van der Waals surface area contributed by atoms with E-state index in [1.165, 1.54) is 24.8 Å². The molecule has 3 rings (SSSR count).